The summed E-state index contributed by atoms with van der Waals surface area (Å²) in [5, 5.41) is 11.4. The summed E-state index contributed by atoms with van der Waals surface area (Å²) in [4.78, 5) is 12.0. The second kappa shape index (κ2) is 7.50. The van der Waals surface area contributed by atoms with E-state index in [2.05, 4.69) is 5.32 Å². The molecule has 0 aliphatic rings. The Balaban J connectivity index is 2.56. The largest absolute Gasteiger partial charge is 0.396 e. The second-order valence-corrected chi connectivity index (χ2v) is 6.09. The fourth-order valence-electron chi connectivity index (χ4n) is 1.40. The highest BCUT2D eigenvalue weighted by molar-refractivity contribution is 8.00. The van der Waals surface area contributed by atoms with Crippen LogP contribution in [0.5, 0.6) is 0 Å². The van der Waals surface area contributed by atoms with Crippen molar-refractivity contribution in [3.63, 3.8) is 0 Å². The lowest BCUT2D eigenvalue weighted by Gasteiger charge is -2.15. The number of carbonyl (C=O) groups excluding carboxylic acids is 1. The van der Waals surface area contributed by atoms with Gasteiger partial charge < -0.3 is 10.4 Å². The van der Waals surface area contributed by atoms with Gasteiger partial charge in [-0.25, -0.2) is 4.39 Å². The van der Waals surface area contributed by atoms with E-state index in [4.69, 9.17) is 5.11 Å². The monoisotopic (exact) mass is 285 g/mol. The maximum absolute atomic E-state index is 13.1. The molecule has 2 N–H and O–H groups in total. The van der Waals surface area contributed by atoms with Crippen molar-refractivity contribution >= 4 is 23.4 Å². The van der Waals surface area contributed by atoms with Crippen LogP contribution in [0.15, 0.2) is 18.2 Å². The van der Waals surface area contributed by atoms with Gasteiger partial charge in [0.15, 0.2) is 0 Å². The zero-order valence-corrected chi connectivity index (χ0v) is 12.3. The van der Waals surface area contributed by atoms with Crippen molar-refractivity contribution in [2.45, 2.75) is 26.0 Å². The van der Waals surface area contributed by atoms with Crippen LogP contribution in [-0.4, -0.2) is 28.6 Å². The molecule has 0 unspecified atom stereocenters. The highest BCUT2D eigenvalue weighted by atomic mass is 32.2. The number of nitrogens with one attached hydrogen (secondary N) is 1. The fraction of sp³-hybridized carbons (Fsp3) is 0.500. The molecule has 0 aromatic heterocycles. The zero-order valence-electron chi connectivity index (χ0n) is 11.4. The summed E-state index contributed by atoms with van der Waals surface area (Å²) < 4.78 is 13.1. The number of carbonyl (C=O) groups is 1. The van der Waals surface area contributed by atoms with Gasteiger partial charge in [0.25, 0.3) is 0 Å². The third-order valence-electron chi connectivity index (χ3n) is 2.77. The summed E-state index contributed by atoms with van der Waals surface area (Å²) in [6, 6.07) is 4.32. The Labute approximate surface area is 117 Å². The highest BCUT2D eigenvalue weighted by Crippen LogP contribution is 2.20. The van der Waals surface area contributed by atoms with Gasteiger partial charge in [-0.1, -0.05) is 13.0 Å². The summed E-state index contributed by atoms with van der Waals surface area (Å²) in [6.45, 7) is 5.66. The predicted octanol–water partition coefficient (Wildman–Crippen LogP) is 2.82. The third kappa shape index (κ3) is 5.20. The molecule has 0 heterocycles. The molecule has 0 fully saturated rings. The van der Waals surface area contributed by atoms with Crippen LogP contribution in [0.3, 0.4) is 0 Å². The lowest BCUT2D eigenvalue weighted by atomic mass is 10.2. The minimum absolute atomic E-state index is 0.115. The van der Waals surface area contributed by atoms with E-state index in [-0.39, 0.29) is 29.5 Å². The van der Waals surface area contributed by atoms with Gasteiger partial charge in [0.1, 0.15) is 5.82 Å². The summed E-state index contributed by atoms with van der Waals surface area (Å²) in [7, 11) is 0. The first-order valence-electron chi connectivity index (χ1n) is 6.23. The molecular weight excluding hydrogens is 265 g/mol. The van der Waals surface area contributed by atoms with Crippen molar-refractivity contribution in [3.05, 3.63) is 29.6 Å². The molecule has 106 valence electrons. The smallest absolute Gasteiger partial charge is 0.237 e. The van der Waals surface area contributed by atoms with Gasteiger partial charge in [-0.05, 0) is 43.2 Å². The van der Waals surface area contributed by atoms with E-state index in [1.807, 2.05) is 13.8 Å². The Morgan fingerprint density at radius 1 is 1.47 bits per heavy atom. The molecule has 0 aliphatic carbocycles. The lowest BCUT2D eigenvalue weighted by molar-refractivity contribution is -0.115. The van der Waals surface area contributed by atoms with Gasteiger partial charge in [-0.15, -0.1) is 11.8 Å². The van der Waals surface area contributed by atoms with Crippen LogP contribution >= 0.6 is 11.8 Å². The second-order valence-electron chi connectivity index (χ2n) is 4.71. The number of benzene rings is 1. The average molecular weight is 285 g/mol. The van der Waals surface area contributed by atoms with E-state index in [1.165, 1.54) is 23.9 Å². The summed E-state index contributed by atoms with van der Waals surface area (Å²) in [5.41, 5.74) is 1.34. The Hall–Kier alpha value is -1.07. The van der Waals surface area contributed by atoms with Crippen molar-refractivity contribution in [2.75, 3.05) is 17.7 Å². The average Bonchev–Trinajstić information content (AvgIpc) is 2.39. The molecule has 0 aliphatic heterocycles. The summed E-state index contributed by atoms with van der Waals surface area (Å²) in [5.74, 6) is 0.364. The molecule has 0 spiro atoms. The Bertz CT molecular complexity index is 439. The molecule has 5 heteroatoms. The summed E-state index contributed by atoms with van der Waals surface area (Å²) >= 11 is 1.48. The van der Waals surface area contributed by atoms with Crippen molar-refractivity contribution in [1.29, 1.82) is 0 Å². The number of rotatable bonds is 6. The Morgan fingerprint density at radius 3 is 2.79 bits per heavy atom. The molecule has 0 radical (unpaired) electrons. The van der Waals surface area contributed by atoms with Crippen molar-refractivity contribution < 1.29 is 14.3 Å². The molecule has 1 aromatic carbocycles. The van der Waals surface area contributed by atoms with Crippen LogP contribution in [-0.2, 0) is 4.79 Å². The highest BCUT2D eigenvalue weighted by Gasteiger charge is 2.15. The lowest BCUT2D eigenvalue weighted by Crippen LogP contribution is -2.24. The van der Waals surface area contributed by atoms with E-state index in [0.717, 1.165) is 5.56 Å². The molecule has 1 amide bonds. The minimum Gasteiger partial charge on any atom is -0.396 e. The number of hydrogen-bond donors (Lipinski definition) is 2. The normalized spacial score (nSPS) is 13.9. The van der Waals surface area contributed by atoms with E-state index >= 15 is 0 Å². The van der Waals surface area contributed by atoms with Gasteiger partial charge in [0.05, 0.1) is 5.25 Å². The first kappa shape index (κ1) is 16.0. The van der Waals surface area contributed by atoms with Gasteiger partial charge in [0, 0.05) is 12.3 Å². The van der Waals surface area contributed by atoms with Gasteiger partial charge in [-0.3, -0.25) is 4.79 Å². The molecule has 19 heavy (non-hydrogen) atoms. The van der Waals surface area contributed by atoms with Crippen LogP contribution in [0.2, 0.25) is 0 Å². The van der Waals surface area contributed by atoms with Crippen LogP contribution in [0, 0.1) is 18.7 Å². The van der Waals surface area contributed by atoms with Crippen LogP contribution < -0.4 is 5.32 Å². The van der Waals surface area contributed by atoms with Crippen molar-refractivity contribution in [3.8, 4) is 0 Å². The molecule has 1 aromatic rings. The van der Waals surface area contributed by atoms with Gasteiger partial charge in [-0.2, -0.15) is 0 Å². The molecule has 0 bridgehead atoms. The molecule has 0 saturated heterocycles. The van der Waals surface area contributed by atoms with Gasteiger partial charge in [0.2, 0.25) is 5.91 Å². The maximum atomic E-state index is 13.1. The first-order valence-corrected chi connectivity index (χ1v) is 7.28. The number of aliphatic hydroxyl groups excluding tert-OH is 1. The summed E-state index contributed by atoms with van der Waals surface area (Å²) in [6.07, 6.45) is 0. The number of aliphatic hydroxyl groups is 1. The zero-order chi connectivity index (χ0) is 14.4. The topological polar surface area (TPSA) is 49.3 Å². The van der Waals surface area contributed by atoms with Gasteiger partial charge >= 0.3 is 0 Å². The number of halogens is 1. The fourth-order valence-corrected chi connectivity index (χ4v) is 2.33. The molecule has 2 atom stereocenters. The third-order valence-corrected chi connectivity index (χ3v) is 4.24. The quantitative estimate of drug-likeness (QED) is 0.845. The van der Waals surface area contributed by atoms with Crippen LogP contribution in [0.25, 0.3) is 0 Å². The maximum Gasteiger partial charge on any atom is 0.237 e. The molecule has 0 saturated carbocycles. The standard InChI is InChI=1S/C14H20FNO2S/c1-9(7-17)8-19-11(3)14(18)16-13-6-12(15)5-4-10(13)2/h4-6,9,11,17H,7-8H2,1-3H3,(H,16,18)/t9-,11-/m1/s1. The molecule has 3 nitrogen and oxygen atoms in total. The number of thioether (sulfide) groups is 1. The number of amides is 1. The number of hydrogen-bond acceptors (Lipinski definition) is 3. The number of anilines is 1. The van der Waals surface area contributed by atoms with E-state index in [1.54, 1.807) is 13.0 Å². The Kier molecular flexibility index (Phi) is 6.31. The van der Waals surface area contributed by atoms with E-state index in [9.17, 15) is 9.18 Å². The number of aryl methyl sites for hydroxylation is 1. The first-order chi connectivity index (χ1) is 8.93. The van der Waals surface area contributed by atoms with Crippen molar-refractivity contribution in [2.24, 2.45) is 5.92 Å². The van der Waals surface area contributed by atoms with E-state index < -0.39 is 0 Å². The molecule has 1 rings (SSSR count). The molecular formula is C14H20FNO2S. The minimum atomic E-state index is -0.366. The SMILES string of the molecule is Cc1ccc(F)cc1NC(=O)[C@@H](C)SC[C@H](C)CO. The van der Waals surface area contributed by atoms with Crippen molar-refractivity contribution in [1.82, 2.24) is 0 Å². The van der Waals surface area contributed by atoms with E-state index in [0.29, 0.717) is 11.4 Å². The Morgan fingerprint density at radius 2 is 2.16 bits per heavy atom. The van der Waals surface area contributed by atoms with Crippen LogP contribution in [0.1, 0.15) is 19.4 Å². The predicted molar refractivity (Wildman–Crippen MR) is 77.9 cm³/mol. The van der Waals surface area contributed by atoms with Crippen LogP contribution in [0.4, 0.5) is 10.1 Å².